The van der Waals surface area contributed by atoms with Crippen LogP contribution in [0.1, 0.15) is 74.1 Å². The average Bonchev–Trinajstić information content (AvgIpc) is 4.21. The molecule has 2 fully saturated rings. The van der Waals surface area contributed by atoms with Crippen LogP contribution in [0.2, 0.25) is 0 Å². The number of nitrogens with zero attached hydrogens (tertiary/aromatic N) is 2. The van der Waals surface area contributed by atoms with Crippen molar-refractivity contribution in [2.24, 2.45) is 11.8 Å². The molecule has 2 heterocycles. The molecular formula is C52H58N8O10. The molecule has 2 aliphatic carbocycles. The Labute approximate surface area is 406 Å². The van der Waals surface area contributed by atoms with Gasteiger partial charge < -0.3 is 51.2 Å². The van der Waals surface area contributed by atoms with E-state index in [0.717, 1.165) is 0 Å². The number of amides is 6. The molecule has 3 aromatic carbocycles. The lowest BCUT2D eigenvalue weighted by Crippen LogP contribution is -2.52. The third kappa shape index (κ3) is 12.0. The third-order valence-electron chi connectivity index (χ3n) is 12.2. The number of hydrogen-bond acceptors (Lipinski definition) is 12. The van der Waals surface area contributed by atoms with Crippen LogP contribution in [0.25, 0.3) is 0 Å². The number of ether oxygens (including phenoxy) is 2. The lowest BCUT2D eigenvalue weighted by atomic mass is 10.0. The van der Waals surface area contributed by atoms with Gasteiger partial charge in [-0.2, -0.15) is 0 Å². The smallest absolute Gasteiger partial charge is 0.340 e. The molecule has 0 saturated carbocycles. The van der Waals surface area contributed by atoms with E-state index in [2.05, 4.69) is 31.9 Å². The zero-order valence-electron chi connectivity index (χ0n) is 39.5. The Balaban J connectivity index is 1.01. The molecular weight excluding hydrogens is 897 g/mol. The van der Waals surface area contributed by atoms with Crippen molar-refractivity contribution in [3.05, 3.63) is 120 Å². The van der Waals surface area contributed by atoms with Crippen LogP contribution >= 0.6 is 0 Å². The van der Waals surface area contributed by atoms with Gasteiger partial charge in [0.05, 0.1) is 47.6 Å². The monoisotopic (exact) mass is 954 g/mol. The Bertz CT molecular complexity index is 2420. The van der Waals surface area contributed by atoms with Crippen LogP contribution in [0.3, 0.4) is 0 Å². The summed E-state index contributed by atoms with van der Waals surface area (Å²) in [5.41, 5.74) is 2.60. The summed E-state index contributed by atoms with van der Waals surface area (Å²) in [6.45, 7) is 7.48. The predicted molar refractivity (Wildman–Crippen MR) is 263 cm³/mol. The van der Waals surface area contributed by atoms with Gasteiger partial charge in [0, 0.05) is 35.8 Å². The molecule has 366 valence electrons. The van der Waals surface area contributed by atoms with Crippen LogP contribution in [-0.4, -0.2) is 108 Å². The zero-order chi connectivity index (χ0) is 49.9. The molecule has 3 aromatic rings. The first kappa shape index (κ1) is 49.9. The number of carbonyl (C=O) groups excluding carboxylic acids is 8. The van der Waals surface area contributed by atoms with Gasteiger partial charge in [0.1, 0.15) is 24.2 Å². The number of nitrogens with one attached hydrogen (secondary N) is 6. The van der Waals surface area contributed by atoms with E-state index in [1.807, 2.05) is 0 Å². The number of benzene rings is 3. The topological polar surface area (TPSA) is 234 Å². The predicted octanol–water partition coefficient (Wildman–Crippen LogP) is 5.88. The summed E-state index contributed by atoms with van der Waals surface area (Å²) in [6.07, 6.45) is 16.2. The lowest BCUT2D eigenvalue weighted by molar-refractivity contribution is -0.139. The van der Waals surface area contributed by atoms with Crippen molar-refractivity contribution in [2.45, 2.75) is 77.5 Å². The Morgan fingerprint density at radius 2 is 0.871 bits per heavy atom. The molecule has 0 aromatic heterocycles. The number of rotatable bonds is 18. The van der Waals surface area contributed by atoms with E-state index in [4.69, 9.17) is 9.47 Å². The molecule has 0 spiro atoms. The molecule has 70 heavy (non-hydrogen) atoms. The Morgan fingerprint density at radius 3 is 1.21 bits per heavy atom. The van der Waals surface area contributed by atoms with Gasteiger partial charge in [0.15, 0.2) is 0 Å². The number of carbonyl (C=O) groups is 8. The molecule has 6 N–H and O–H groups in total. The van der Waals surface area contributed by atoms with Gasteiger partial charge in [-0.15, -0.1) is 0 Å². The first-order valence-electron chi connectivity index (χ1n) is 23.5. The zero-order valence-corrected chi connectivity index (χ0v) is 39.5. The van der Waals surface area contributed by atoms with Crippen molar-refractivity contribution in [1.29, 1.82) is 0 Å². The second kappa shape index (κ2) is 22.9. The maximum atomic E-state index is 13.5. The molecule has 0 radical (unpaired) electrons. The molecule has 18 heteroatoms. The fourth-order valence-electron chi connectivity index (χ4n) is 8.66. The van der Waals surface area contributed by atoms with Crippen molar-refractivity contribution in [3.63, 3.8) is 0 Å². The Hall–Kier alpha value is -8.02. The highest BCUT2D eigenvalue weighted by atomic mass is 16.5. The summed E-state index contributed by atoms with van der Waals surface area (Å²) in [4.78, 5) is 109. The van der Waals surface area contributed by atoms with Crippen molar-refractivity contribution in [3.8, 4) is 0 Å². The number of likely N-dealkylation sites (tertiary alicyclic amines) is 2. The summed E-state index contributed by atoms with van der Waals surface area (Å²) in [7, 11) is 0. The molecule has 4 atom stereocenters. The van der Waals surface area contributed by atoms with E-state index >= 15 is 0 Å². The molecule has 6 amide bonds. The minimum atomic E-state index is -0.818. The van der Waals surface area contributed by atoms with Gasteiger partial charge in [-0.05, 0) is 114 Å². The molecule has 7 rings (SSSR count). The van der Waals surface area contributed by atoms with Crippen LogP contribution < -0.4 is 31.9 Å². The van der Waals surface area contributed by atoms with Crippen molar-refractivity contribution >= 4 is 81.5 Å². The van der Waals surface area contributed by atoms with E-state index < -0.39 is 47.9 Å². The van der Waals surface area contributed by atoms with Gasteiger partial charge in [0.2, 0.25) is 35.4 Å². The number of anilines is 6. The number of hydrogen-bond donors (Lipinski definition) is 6. The van der Waals surface area contributed by atoms with Crippen molar-refractivity contribution in [2.75, 3.05) is 47.6 Å². The maximum Gasteiger partial charge on any atom is 0.340 e. The number of allylic oxidation sites excluding steroid dienone is 4. The summed E-state index contributed by atoms with van der Waals surface area (Å²) in [5, 5.41) is 17.7. The Morgan fingerprint density at radius 1 is 0.529 bits per heavy atom. The van der Waals surface area contributed by atoms with Crippen LogP contribution in [0, 0.1) is 11.8 Å². The van der Waals surface area contributed by atoms with E-state index in [-0.39, 0.29) is 71.2 Å². The first-order chi connectivity index (χ1) is 33.7. The van der Waals surface area contributed by atoms with Crippen molar-refractivity contribution < 1.29 is 47.8 Å². The first-order valence-corrected chi connectivity index (χ1v) is 23.5. The van der Waals surface area contributed by atoms with Gasteiger partial charge in [-0.25, -0.2) is 9.59 Å². The van der Waals surface area contributed by atoms with Gasteiger partial charge in [-0.3, -0.25) is 28.8 Å². The van der Waals surface area contributed by atoms with Gasteiger partial charge in [0.25, 0.3) is 0 Å². The van der Waals surface area contributed by atoms with Crippen LogP contribution in [0.4, 0.5) is 34.1 Å². The molecule has 2 saturated heterocycles. The standard InChI is InChI=1S/C52H58N8O10/c1-5-69-51(67)39-29-42(56-36-21-25-38(26-22-36)58-48(64)44-18-12-28-60(44)50(66)32(4)54-46(62)34-15-9-10-16-34)40(52(68)70-6-2)30-41(39)55-35-19-23-37(24-20-35)57-47(63)43-17-11-27-59(43)49(65)31(3)53-45(61)33-13-7-8-14-33/h7-10,13-16,19-26,29-34,43-44,55-56H,5-6,11-12,17-18,27-28H2,1-4H3,(H,53,61)(H,54,62)(H,57,63)(H,58,64)/t31-,32-,43-,44-/m0/s1. The minimum absolute atomic E-state index is 0.0773. The van der Waals surface area contributed by atoms with Crippen LogP contribution in [0.5, 0.6) is 0 Å². The second-order valence-corrected chi connectivity index (χ2v) is 17.2. The highest BCUT2D eigenvalue weighted by Gasteiger charge is 2.38. The van der Waals surface area contributed by atoms with Gasteiger partial charge >= 0.3 is 11.9 Å². The third-order valence-corrected chi connectivity index (χ3v) is 12.2. The van der Waals surface area contributed by atoms with E-state index in [1.165, 1.54) is 21.9 Å². The fraction of sp³-hybridized carbons (Fsp3) is 0.346. The molecule has 2 aliphatic heterocycles. The van der Waals surface area contributed by atoms with E-state index in [9.17, 15) is 38.4 Å². The average molecular weight is 955 g/mol. The minimum Gasteiger partial charge on any atom is -0.462 e. The molecule has 18 nitrogen and oxygen atoms in total. The second-order valence-electron chi connectivity index (χ2n) is 17.2. The van der Waals surface area contributed by atoms with Crippen molar-refractivity contribution in [1.82, 2.24) is 20.4 Å². The molecule has 0 bridgehead atoms. The quantitative estimate of drug-likeness (QED) is 0.0821. The molecule has 0 unspecified atom stereocenters. The lowest BCUT2D eigenvalue weighted by Gasteiger charge is -2.27. The highest BCUT2D eigenvalue weighted by Crippen LogP contribution is 2.33. The van der Waals surface area contributed by atoms with E-state index in [1.54, 1.807) is 125 Å². The van der Waals surface area contributed by atoms with Crippen LogP contribution in [0.15, 0.2) is 109 Å². The fourth-order valence-corrected chi connectivity index (χ4v) is 8.66. The maximum absolute atomic E-state index is 13.5. The number of esters is 2. The normalized spacial score (nSPS) is 18.0. The molecule has 4 aliphatic rings. The van der Waals surface area contributed by atoms with E-state index in [0.29, 0.717) is 61.5 Å². The summed E-state index contributed by atoms with van der Waals surface area (Å²) in [6, 6.07) is 13.2. The SMILES string of the molecule is CCOC(=O)c1cc(Nc2ccc(NC(=O)[C@@H]3CCCN3C(=O)[C@H](C)NC(=O)C3C=CC=C3)cc2)c(C(=O)OCC)cc1Nc1ccc(NC(=O)[C@@H]2CCCN2C(=O)[C@H](C)NC(=O)C2C=CC=C2)cc1. The summed E-state index contributed by atoms with van der Waals surface area (Å²) >= 11 is 0. The highest BCUT2D eigenvalue weighted by molar-refractivity contribution is 6.05. The summed E-state index contributed by atoms with van der Waals surface area (Å²) < 4.78 is 10.8. The largest absolute Gasteiger partial charge is 0.462 e. The summed E-state index contributed by atoms with van der Waals surface area (Å²) in [5.74, 6) is -4.21. The van der Waals surface area contributed by atoms with Gasteiger partial charge in [-0.1, -0.05) is 48.6 Å². The van der Waals surface area contributed by atoms with Crippen LogP contribution in [-0.2, 0) is 38.2 Å². The Kier molecular flexibility index (Phi) is 16.3.